The molecule has 3 N–H and O–H groups in total. The van der Waals surface area contributed by atoms with Gasteiger partial charge in [-0.25, -0.2) is 0 Å². The maximum atomic E-state index is 13.6. The first-order valence-electron chi connectivity index (χ1n) is 12.1. The molecule has 2 aliphatic rings. The van der Waals surface area contributed by atoms with Crippen LogP contribution in [-0.2, 0) is 11.3 Å². The normalized spacial score (nSPS) is 25.6. The monoisotopic (exact) mass is 451 g/mol. The Hall–Kier alpha value is -1.82. The number of rotatable bonds is 8. The van der Waals surface area contributed by atoms with Gasteiger partial charge in [0.1, 0.15) is 5.25 Å². The summed E-state index contributed by atoms with van der Waals surface area (Å²) in [5.41, 5.74) is 9.30. The third kappa shape index (κ3) is 5.38. The summed E-state index contributed by atoms with van der Waals surface area (Å²) in [5, 5.41) is 3.60. The Kier molecular flexibility index (Phi) is 7.59. The van der Waals surface area contributed by atoms with Crippen LogP contribution in [0.2, 0.25) is 0 Å². The number of hydrogen-bond donors (Lipinski definition) is 2. The van der Waals surface area contributed by atoms with Crippen molar-refractivity contribution in [2.45, 2.75) is 87.1 Å². The molecule has 1 amide bonds. The van der Waals surface area contributed by atoms with Crippen LogP contribution in [0.3, 0.4) is 0 Å². The van der Waals surface area contributed by atoms with Crippen LogP contribution in [0.25, 0.3) is 0 Å². The predicted octanol–water partition coefficient (Wildman–Crippen LogP) is 5.81. The van der Waals surface area contributed by atoms with Gasteiger partial charge >= 0.3 is 0 Å². The van der Waals surface area contributed by atoms with Gasteiger partial charge in [-0.05, 0) is 62.8 Å². The summed E-state index contributed by atoms with van der Waals surface area (Å²) in [4.78, 5) is 16.8. The zero-order chi connectivity index (χ0) is 22.6. The fraction of sp³-hybridized carbons (Fsp3) is 0.519. The largest absolute Gasteiger partial charge is 0.326 e. The third-order valence-electron chi connectivity index (χ3n) is 6.95. The number of piperidine rings is 1. The second-order valence-electron chi connectivity index (χ2n) is 9.71. The Morgan fingerprint density at radius 2 is 2.00 bits per heavy atom. The van der Waals surface area contributed by atoms with Gasteiger partial charge in [0.2, 0.25) is 5.91 Å². The van der Waals surface area contributed by atoms with Gasteiger partial charge in [0.25, 0.3) is 0 Å². The van der Waals surface area contributed by atoms with Crippen molar-refractivity contribution < 1.29 is 4.79 Å². The summed E-state index contributed by atoms with van der Waals surface area (Å²) in [6, 6.07) is 17.1. The van der Waals surface area contributed by atoms with E-state index in [-0.39, 0.29) is 16.7 Å². The minimum atomic E-state index is -0.205. The molecule has 4 rings (SSSR count). The number of carbonyl (C=O) groups is 1. The highest BCUT2D eigenvalue weighted by Crippen LogP contribution is 2.46. The SMILES string of the molecule is C[C@H]1CCC[C@@](C)(CCCCCN2C(=O)C(c3cccc(CN)c3)Sc3ccccc32)N1. The average molecular weight is 452 g/mol. The number of carbonyl (C=O) groups excluding carboxylic acids is 1. The Morgan fingerprint density at radius 3 is 2.81 bits per heavy atom. The summed E-state index contributed by atoms with van der Waals surface area (Å²) in [7, 11) is 0. The molecule has 3 atom stereocenters. The number of anilines is 1. The lowest BCUT2D eigenvalue weighted by molar-refractivity contribution is -0.118. The highest BCUT2D eigenvalue weighted by molar-refractivity contribution is 8.00. The first kappa shape index (κ1) is 23.3. The van der Waals surface area contributed by atoms with E-state index in [1.54, 1.807) is 11.8 Å². The lowest BCUT2D eigenvalue weighted by atomic mass is 9.84. The molecule has 172 valence electrons. The standard InChI is InChI=1S/C27H37N3OS/c1-20-10-9-16-27(2,29-20)15-6-3-7-17-30-23-13-4-5-14-24(23)32-25(26(30)31)22-12-8-11-21(18-22)19-28/h4-5,8,11-14,18,20,25,29H,3,6-7,9-10,15-17,19,28H2,1-2H3/t20-,25?,27+/m0/s1. The number of amides is 1. The van der Waals surface area contributed by atoms with Crippen LogP contribution in [0.15, 0.2) is 53.4 Å². The molecule has 1 saturated heterocycles. The number of nitrogens with two attached hydrogens (primary N) is 1. The molecule has 1 unspecified atom stereocenters. The van der Waals surface area contributed by atoms with E-state index in [0.29, 0.717) is 12.6 Å². The number of benzene rings is 2. The highest BCUT2D eigenvalue weighted by atomic mass is 32.2. The van der Waals surface area contributed by atoms with Gasteiger partial charge < -0.3 is 16.0 Å². The number of hydrogen-bond acceptors (Lipinski definition) is 4. The molecule has 2 aliphatic heterocycles. The molecule has 0 spiro atoms. The smallest absolute Gasteiger partial charge is 0.245 e. The number of unbranched alkanes of at least 4 members (excludes halogenated alkanes) is 2. The molecule has 0 radical (unpaired) electrons. The van der Waals surface area contributed by atoms with Crippen molar-refractivity contribution in [1.82, 2.24) is 5.32 Å². The Labute approximate surface area is 197 Å². The molecule has 0 saturated carbocycles. The molecule has 4 nitrogen and oxygen atoms in total. The molecule has 2 aromatic carbocycles. The Bertz CT molecular complexity index is 933. The average Bonchev–Trinajstić information content (AvgIpc) is 2.79. The molecular formula is C27H37N3OS. The van der Waals surface area contributed by atoms with E-state index in [9.17, 15) is 4.79 Å². The van der Waals surface area contributed by atoms with Crippen molar-refractivity contribution in [3.8, 4) is 0 Å². The van der Waals surface area contributed by atoms with Gasteiger partial charge in [-0.2, -0.15) is 0 Å². The van der Waals surface area contributed by atoms with Crippen molar-refractivity contribution >= 4 is 23.4 Å². The molecule has 0 bridgehead atoms. The van der Waals surface area contributed by atoms with E-state index in [1.807, 2.05) is 23.1 Å². The summed E-state index contributed by atoms with van der Waals surface area (Å²) in [6.07, 6.45) is 8.50. The van der Waals surface area contributed by atoms with Crippen LogP contribution < -0.4 is 16.0 Å². The van der Waals surface area contributed by atoms with E-state index in [4.69, 9.17) is 5.73 Å². The topological polar surface area (TPSA) is 58.4 Å². The summed E-state index contributed by atoms with van der Waals surface area (Å²) >= 11 is 1.66. The van der Waals surface area contributed by atoms with Crippen LogP contribution in [0, 0.1) is 0 Å². The second-order valence-corrected chi connectivity index (χ2v) is 10.9. The van der Waals surface area contributed by atoms with Gasteiger partial charge in [-0.3, -0.25) is 4.79 Å². The molecule has 0 aliphatic carbocycles. The van der Waals surface area contributed by atoms with Crippen molar-refractivity contribution in [1.29, 1.82) is 0 Å². The van der Waals surface area contributed by atoms with Crippen molar-refractivity contribution in [2.24, 2.45) is 5.73 Å². The lowest BCUT2D eigenvalue weighted by Crippen LogP contribution is -2.50. The van der Waals surface area contributed by atoms with Gasteiger partial charge in [0, 0.05) is 29.6 Å². The van der Waals surface area contributed by atoms with Crippen LogP contribution in [0.1, 0.15) is 75.2 Å². The molecule has 32 heavy (non-hydrogen) atoms. The fourth-order valence-corrected chi connectivity index (χ4v) is 6.46. The molecular weight excluding hydrogens is 414 g/mol. The molecule has 2 aromatic rings. The van der Waals surface area contributed by atoms with E-state index in [0.717, 1.165) is 36.2 Å². The first-order valence-corrected chi connectivity index (χ1v) is 13.0. The number of para-hydroxylation sites is 1. The second kappa shape index (κ2) is 10.4. The minimum absolute atomic E-state index is 0.192. The van der Waals surface area contributed by atoms with Crippen LogP contribution in [-0.4, -0.2) is 24.0 Å². The molecule has 0 aromatic heterocycles. The highest BCUT2D eigenvalue weighted by Gasteiger charge is 2.34. The summed E-state index contributed by atoms with van der Waals surface area (Å²) < 4.78 is 0. The zero-order valence-electron chi connectivity index (χ0n) is 19.5. The Morgan fingerprint density at radius 1 is 1.16 bits per heavy atom. The summed E-state index contributed by atoms with van der Waals surface area (Å²) in [6.45, 7) is 5.95. The van der Waals surface area contributed by atoms with Gasteiger partial charge in [-0.1, -0.05) is 55.7 Å². The number of thioether (sulfide) groups is 1. The number of nitrogens with one attached hydrogen (secondary N) is 1. The molecule has 2 heterocycles. The minimum Gasteiger partial charge on any atom is -0.326 e. The van der Waals surface area contributed by atoms with E-state index < -0.39 is 0 Å². The van der Waals surface area contributed by atoms with E-state index in [1.165, 1.54) is 37.0 Å². The predicted molar refractivity (Wildman–Crippen MR) is 135 cm³/mol. The first-order chi connectivity index (χ1) is 15.5. The van der Waals surface area contributed by atoms with Crippen LogP contribution in [0.5, 0.6) is 0 Å². The van der Waals surface area contributed by atoms with Gasteiger partial charge in [-0.15, -0.1) is 11.8 Å². The maximum Gasteiger partial charge on any atom is 0.245 e. The van der Waals surface area contributed by atoms with Crippen LogP contribution in [0.4, 0.5) is 5.69 Å². The lowest BCUT2D eigenvalue weighted by Gasteiger charge is -2.39. The van der Waals surface area contributed by atoms with E-state index >= 15 is 0 Å². The number of fused-ring (bicyclic) bond motifs is 1. The van der Waals surface area contributed by atoms with Crippen molar-refractivity contribution in [2.75, 3.05) is 11.4 Å². The van der Waals surface area contributed by atoms with Crippen molar-refractivity contribution in [3.63, 3.8) is 0 Å². The van der Waals surface area contributed by atoms with Crippen molar-refractivity contribution in [3.05, 3.63) is 59.7 Å². The number of nitrogens with zero attached hydrogens (tertiary/aromatic N) is 1. The zero-order valence-corrected chi connectivity index (χ0v) is 20.3. The van der Waals surface area contributed by atoms with Gasteiger partial charge in [0.15, 0.2) is 0 Å². The van der Waals surface area contributed by atoms with Gasteiger partial charge in [0.05, 0.1) is 5.69 Å². The maximum absolute atomic E-state index is 13.6. The Balaban J connectivity index is 1.40. The molecule has 5 heteroatoms. The fourth-order valence-electron chi connectivity index (χ4n) is 5.24. The van der Waals surface area contributed by atoms with Crippen LogP contribution >= 0.6 is 11.8 Å². The quantitative estimate of drug-likeness (QED) is 0.498. The van der Waals surface area contributed by atoms with E-state index in [2.05, 4.69) is 49.5 Å². The summed E-state index contributed by atoms with van der Waals surface area (Å²) in [5.74, 6) is 0.192. The third-order valence-corrected chi connectivity index (χ3v) is 8.26. The molecule has 1 fully saturated rings.